The molecule has 0 fully saturated rings. The van der Waals surface area contributed by atoms with Gasteiger partial charge < -0.3 is 5.73 Å². The minimum atomic E-state index is -3.46. The number of nitrogen functional groups attached to an aromatic ring is 1. The summed E-state index contributed by atoms with van der Waals surface area (Å²) >= 11 is 1.51. The lowest BCUT2D eigenvalue weighted by Gasteiger charge is -2.05. The van der Waals surface area contributed by atoms with Gasteiger partial charge in [0.15, 0.2) is 0 Å². The van der Waals surface area contributed by atoms with E-state index < -0.39 is 10.0 Å². The summed E-state index contributed by atoms with van der Waals surface area (Å²) in [6.07, 6.45) is 2.29. The molecule has 5 nitrogen and oxygen atoms in total. The van der Waals surface area contributed by atoms with Gasteiger partial charge >= 0.3 is 0 Å². The summed E-state index contributed by atoms with van der Waals surface area (Å²) in [6.45, 7) is 0.334. The Morgan fingerprint density at radius 1 is 1.28 bits per heavy atom. The van der Waals surface area contributed by atoms with Crippen LogP contribution in [0.3, 0.4) is 0 Å². The van der Waals surface area contributed by atoms with Crippen LogP contribution in [0.2, 0.25) is 0 Å². The van der Waals surface area contributed by atoms with Crippen LogP contribution in [0, 0.1) is 0 Å². The predicted molar refractivity (Wildman–Crippen MR) is 71.9 cm³/mol. The van der Waals surface area contributed by atoms with Gasteiger partial charge in [-0.15, -0.1) is 11.3 Å². The number of anilines is 1. The van der Waals surface area contributed by atoms with Crippen molar-refractivity contribution in [2.75, 3.05) is 12.3 Å². The number of nitrogens with two attached hydrogens (primary N) is 1. The minimum absolute atomic E-state index is 0.218. The molecule has 2 aromatic rings. The summed E-state index contributed by atoms with van der Waals surface area (Å²) in [4.78, 5) is 4.31. The average Bonchev–Trinajstić information content (AvgIpc) is 2.82. The van der Waals surface area contributed by atoms with E-state index in [0.29, 0.717) is 18.7 Å². The Morgan fingerprint density at radius 3 is 2.61 bits per heavy atom. The molecule has 3 N–H and O–H groups in total. The Hall–Kier alpha value is -1.44. The van der Waals surface area contributed by atoms with E-state index >= 15 is 0 Å². The van der Waals surface area contributed by atoms with E-state index in [4.69, 9.17) is 5.73 Å². The highest BCUT2D eigenvalue weighted by molar-refractivity contribution is 7.89. The first-order valence-corrected chi connectivity index (χ1v) is 7.68. The third-order valence-electron chi connectivity index (χ3n) is 2.30. The van der Waals surface area contributed by atoms with E-state index in [9.17, 15) is 8.42 Å². The summed E-state index contributed by atoms with van der Waals surface area (Å²) in [6, 6.07) is 6.10. The summed E-state index contributed by atoms with van der Waals surface area (Å²) in [5.74, 6) is 0. The van der Waals surface area contributed by atoms with Crippen LogP contribution < -0.4 is 10.5 Å². The van der Waals surface area contributed by atoms with E-state index in [-0.39, 0.29) is 4.90 Å². The lowest BCUT2D eigenvalue weighted by Crippen LogP contribution is -2.25. The number of hydrogen-bond acceptors (Lipinski definition) is 5. The monoisotopic (exact) mass is 283 g/mol. The van der Waals surface area contributed by atoms with E-state index in [1.165, 1.54) is 23.5 Å². The fourth-order valence-corrected chi connectivity index (χ4v) is 3.05. The number of sulfonamides is 1. The van der Waals surface area contributed by atoms with Crippen molar-refractivity contribution in [2.24, 2.45) is 0 Å². The van der Waals surface area contributed by atoms with Crippen LogP contribution in [0.15, 0.2) is 40.7 Å². The molecule has 1 aromatic heterocycles. The molecule has 0 spiro atoms. The van der Waals surface area contributed by atoms with Crippen LogP contribution in [0.5, 0.6) is 0 Å². The quantitative estimate of drug-likeness (QED) is 0.809. The maximum atomic E-state index is 11.9. The van der Waals surface area contributed by atoms with Gasteiger partial charge in [0.25, 0.3) is 0 Å². The number of nitrogens with zero attached hydrogens (tertiary/aromatic N) is 1. The first kappa shape index (κ1) is 13.0. The lowest BCUT2D eigenvalue weighted by atomic mass is 10.3. The van der Waals surface area contributed by atoms with E-state index in [1.807, 2.05) is 5.38 Å². The summed E-state index contributed by atoms with van der Waals surface area (Å²) < 4.78 is 26.3. The van der Waals surface area contributed by atoms with Crippen molar-refractivity contribution < 1.29 is 8.42 Å². The molecule has 1 heterocycles. The van der Waals surface area contributed by atoms with Crippen LogP contribution in [-0.2, 0) is 16.4 Å². The Labute approximate surface area is 110 Å². The molecule has 96 valence electrons. The summed E-state index contributed by atoms with van der Waals surface area (Å²) in [7, 11) is -3.46. The molecule has 0 amide bonds. The fourth-order valence-electron chi connectivity index (χ4n) is 1.40. The highest BCUT2D eigenvalue weighted by Gasteiger charge is 2.12. The second-order valence-corrected chi connectivity index (χ2v) is 6.39. The molecule has 0 atom stereocenters. The second kappa shape index (κ2) is 5.47. The Kier molecular flexibility index (Phi) is 3.95. The van der Waals surface area contributed by atoms with Crippen LogP contribution in [0.25, 0.3) is 0 Å². The summed E-state index contributed by atoms with van der Waals surface area (Å²) in [5.41, 5.74) is 6.05. The van der Waals surface area contributed by atoms with Gasteiger partial charge in [0.2, 0.25) is 10.0 Å². The van der Waals surface area contributed by atoms with E-state index in [2.05, 4.69) is 9.71 Å². The van der Waals surface area contributed by atoms with Crippen molar-refractivity contribution in [1.29, 1.82) is 0 Å². The van der Waals surface area contributed by atoms with Crippen molar-refractivity contribution in [3.8, 4) is 0 Å². The molecule has 1 aromatic carbocycles. The molecule has 0 aliphatic rings. The normalized spacial score (nSPS) is 11.6. The van der Waals surface area contributed by atoms with Crippen molar-refractivity contribution in [1.82, 2.24) is 9.71 Å². The van der Waals surface area contributed by atoms with E-state index in [1.54, 1.807) is 18.3 Å². The third kappa shape index (κ3) is 3.28. The molecular formula is C11H13N3O2S2. The molecule has 0 aliphatic heterocycles. The maximum Gasteiger partial charge on any atom is 0.240 e. The van der Waals surface area contributed by atoms with Crippen LogP contribution >= 0.6 is 11.3 Å². The Morgan fingerprint density at radius 2 is 2.00 bits per heavy atom. The Balaban J connectivity index is 1.97. The second-order valence-electron chi connectivity index (χ2n) is 3.64. The number of rotatable bonds is 5. The largest absolute Gasteiger partial charge is 0.399 e. The fraction of sp³-hybridized carbons (Fsp3) is 0.182. The standard InChI is InChI=1S/C11H13N3O2S2/c12-9-1-3-10(4-2-9)18(15,16)14-6-5-11-13-7-8-17-11/h1-4,7-8,14H,5-6,12H2. The maximum absolute atomic E-state index is 11.9. The molecule has 7 heteroatoms. The van der Waals surface area contributed by atoms with Gasteiger partial charge in [-0.1, -0.05) is 0 Å². The number of hydrogen-bond donors (Lipinski definition) is 2. The van der Waals surface area contributed by atoms with Crippen LogP contribution in [0.1, 0.15) is 5.01 Å². The molecule has 18 heavy (non-hydrogen) atoms. The van der Waals surface area contributed by atoms with Gasteiger partial charge in [-0.25, -0.2) is 18.1 Å². The molecule has 0 radical (unpaired) electrons. The molecule has 0 saturated carbocycles. The minimum Gasteiger partial charge on any atom is -0.399 e. The highest BCUT2D eigenvalue weighted by atomic mass is 32.2. The van der Waals surface area contributed by atoms with E-state index in [0.717, 1.165) is 5.01 Å². The van der Waals surface area contributed by atoms with Crippen LogP contribution in [-0.4, -0.2) is 19.9 Å². The average molecular weight is 283 g/mol. The molecule has 2 rings (SSSR count). The zero-order chi connectivity index (χ0) is 13.0. The van der Waals surface area contributed by atoms with Gasteiger partial charge in [-0.3, -0.25) is 0 Å². The zero-order valence-electron chi connectivity index (χ0n) is 9.54. The lowest BCUT2D eigenvalue weighted by molar-refractivity contribution is 0.581. The molecule has 0 unspecified atom stereocenters. The predicted octanol–water partition coefficient (Wildman–Crippen LogP) is 1.25. The smallest absolute Gasteiger partial charge is 0.240 e. The topological polar surface area (TPSA) is 85.1 Å². The molecule has 0 saturated heterocycles. The van der Waals surface area contributed by atoms with Gasteiger partial charge in [0.1, 0.15) is 0 Å². The number of benzene rings is 1. The SMILES string of the molecule is Nc1ccc(S(=O)(=O)NCCc2nccs2)cc1. The Bertz CT molecular complexity index is 592. The summed E-state index contributed by atoms with van der Waals surface area (Å²) in [5, 5.41) is 2.78. The van der Waals surface area contributed by atoms with Gasteiger partial charge in [0.05, 0.1) is 9.90 Å². The molecule has 0 bridgehead atoms. The molecular weight excluding hydrogens is 270 g/mol. The first-order valence-electron chi connectivity index (χ1n) is 5.31. The third-order valence-corrected chi connectivity index (χ3v) is 4.62. The van der Waals surface area contributed by atoms with Crippen LogP contribution in [0.4, 0.5) is 5.69 Å². The number of aromatic nitrogens is 1. The van der Waals surface area contributed by atoms with Crippen molar-refractivity contribution >= 4 is 27.0 Å². The number of thiazole rings is 1. The number of nitrogens with one attached hydrogen (secondary N) is 1. The first-order chi connectivity index (χ1) is 8.58. The zero-order valence-corrected chi connectivity index (χ0v) is 11.2. The highest BCUT2D eigenvalue weighted by Crippen LogP contribution is 2.11. The van der Waals surface area contributed by atoms with Gasteiger partial charge in [-0.2, -0.15) is 0 Å². The van der Waals surface area contributed by atoms with Crippen molar-refractivity contribution in [2.45, 2.75) is 11.3 Å². The van der Waals surface area contributed by atoms with Crippen molar-refractivity contribution in [3.63, 3.8) is 0 Å². The van der Waals surface area contributed by atoms with Gasteiger partial charge in [0, 0.05) is 30.2 Å². The van der Waals surface area contributed by atoms with Gasteiger partial charge in [-0.05, 0) is 24.3 Å². The molecule has 0 aliphatic carbocycles. The van der Waals surface area contributed by atoms with Crippen molar-refractivity contribution in [3.05, 3.63) is 40.8 Å².